The van der Waals surface area contributed by atoms with Crippen LogP contribution in [-0.4, -0.2) is 57.8 Å². The predicted octanol–water partition coefficient (Wildman–Crippen LogP) is 4.09. The minimum Gasteiger partial charge on any atom is -0.493 e. The minimum atomic E-state index is -0.541. The molecule has 190 valence electrons. The molecule has 0 spiro atoms. The molecule has 0 fully saturated rings. The molecule has 0 amide bonds. The zero-order valence-corrected chi connectivity index (χ0v) is 22.3. The third kappa shape index (κ3) is 13.1. The number of halogens is 2. The molecule has 0 aliphatic carbocycles. The van der Waals surface area contributed by atoms with E-state index >= 15 is 0 Å². The van der Waals surface area contributed by atoms with Gasteiger partial charge < -0.3 is 30.4 Å². The van der Waals surface area contributed by atoms with Gasteiger partial charge in [0.05, 0.1) is 19.8 Å². The highest BCUT2D eigenvalue weighted by molar-refractivity contribution is 5.85. The Kier molecular flexibility index (Phi) is 19.5. The van der Waals surface area contributed by atoms with Crippen molar-refractivity contribution in [1.29, 1.82) is 0 Å². The first-order chi connectivity index (χ1) is 14.3. The normalized spacial score (nSPS) is 13.8. The van der Waals surface area contributed by atoms with Gasteiger partial charge in [-0.15, -0.1) is 24.8 Å². The number of hydrogen-bond donors (Lipinski definition) is 3. The van der Waals surface area contributed by atoms with Gasteiger partial charge in [-0.2, -0.15) is 0 Å². The van der Waals surface area contributed by atoms with E-state index in [2.05, 4.69) is 45.1 Å². The number of methoxy groups -OCH3 is 2. The summed E-state index contributed by atoms with van der Waals surface area (Å²) < 4.78 is 16.4. The van der Waals surface area contributed by atoms with Crippen LogP contribution in [0.4, 0.5) is 0 Å². The van der Waals surface area contributed by atoms with Crippen LogP contribution in [-0.2, 0) is 11.2 Å². The van der Waals surface area contributed by atoms with Gasteiger partial charge in [-0.1, -0.05) is 33.8 Å². The number of nitrogens with two attached hydrogens (primary N) is 1. The molecule has 1 rings (SSSR count). The van der Waals surface area contributed by atoms with Crippen molar-refractivity contribution < 1.29 is 19.3 Å². The zero-order valence-electron chi connectivity index (χ0n) is 20.6. The van der Waals surface area contributed by atoms with Crippen LogP contribution < -0.4 is 20.5 Å². The lowest BCUT2D eigenvalue weighted by Gasteiger charge is -2.27. The Morgan fingerprint density at radius 2 is 1.69 bits per heavy atom. The van der Waals surface area contributed by atoms with Gasteiger partial charge in [0.15, 0.2) is 11.5 Å². The number of rotatable bonds is 16. The van der Waals surface area contributed by atoms with Gasteiger partial charge in [0.2, 0.25) is 0 Å². The third-order valence-corrected chi connectivity index (χ3v) is 5.39. The van der Waals surface area contributed by atoms with Crippen molar-refractivity contribution >= 4 is 24.8 Å². The van der Waals surface area contributed by atoms with Crippen molar-refractivity contribution in [2.24, 2.45) is 23.5 Å². The molecule has 3 atom stereocenters. The second-order valence-electron chi connectivity index (χ2n) is 8.91. The monoisotopic (exact) mass is 496 g/mol. The first-order valence-corrected chi connectivity index (χ1v) is 11.2. The molecule has 0 aliphatic heterocycles. The number of benzene rings is 1. The summed E-state index contributed by atoms with van der Waals surface area (Å²) in [6, 6.07) is 5.86. The molecule has 0 radical (unpaired) electrons. The Morgan fingerprint density at radius 3 is 2.25 bits per heavy atom. The molecule has 8 heteroatoms. The molecule has 0 aromatic heterocycles. The van der Waals surface area contributed by atoms with Crippen LogP contribution in [0.1, 0.15) is 46.1 Å². The van der Waals surface area contributed by atoms with Crippen LogP contribution >= 0.6 is 24.8 Å². The molecule has 6 nitrogen and oxygen atoms in total. The van der Waals surface area contributed by atoms with Crippen molar-refractivity contribution in [3.8, 4) is 11.5 Å². The average molecular weight is 498 g/mol. The van der Waals surface area contributed by atoms with Crippen molar-refractivity contribution in [1.82, 2.24) is 5.32 Å². The Balaban J connectivity index is 0. The van der Waals surface area contributed by atoms with Crippen LogP contribution in [0.3, 0.4) is 0 Å². The first kappa shape index (κ1) is 33.4. The van der Waals surface area contributed by atoms with E-state index in [1.165, 1.54) is 5.56 Å². The number of nitrogens with one attached hydrogen (secondary N) is 1. The van der Waals surface area contributed by atoms with Crippen LogP contribution in [0, 0.1) is 17.8 Å². The van der Waals surface area contributed by atoms with Gasteiger partial charge in [0, 0.05) is 32.7 Å². The summed E-state index contributed by atoms with van der Waals surface area (Å²) in [5, 5.41) is 13.7. The van der Waals surface area contributed by atoms with Crippen LogP contribution in [0.15, 0.2) is 18.2 Å². The first-order valence-electron chi connectivity index (χ1n) is 11.2. The Morgan fingerprint density at radius 1 is 1.00 bits per heavy atom. The lowest BCUT2D eigenvalue weighted by atomic mass is 9.83. The van der Waals surface area contributed by atoms with Gasteiger partial charge in [-0.3, -0.25) is 0 Å². The second-order valence-corrected chi connectivity index (χ2v) is 8.91. The summed E-state index contributed by atoms with van der Waals surface area (Å²) in [6.07, 6.45) is 1.95. The fourth-order valence-corrected chi connectivity index (χ4v) is 3.42. The molecule has 0 unspecified atom stereocenters. The van der Waals surface area contributed by atoms with E-state index in [1.807, 2.05) is 6.07 Å². The van der Waals surface area contributed by atoms with Crippen LogP contribution in [0.5, 0.6) is 11.5 Å². The highest BCUT2D eigenvalue weighted by Crippen LogP contribution is 2.31. The Hall–Kier alpha value is -0.760. The molecule has 32 heavy (non-hydrogen) atoms. The highest BCUT2D eigenvalue weighted by Gasteiger charge is 2.23. The van der Waals surface area contributed by atoms with E-state index < -0.39 is 6.10 Å². The second kappa shape index (κ2) is 18.6. The molecule has 1 aromatic carbocycles. The summed E-state index contributed by atoms with van der Waals surface area (Å²) in [5.74, 6) is 2.88. The van der Waals surface area contributed by atoms with Gasteiger partial charge in [0.25, 0.3) is 0 Å². The van der Waals surface area contributed by atoms with Crippen molar-refractivity contribution in [3.05, 3.63) is 23.8 Å². The molecular weight excluding hydrogens is 451 g/mol. The topological polar surface area (TPSA) is 86.0 Å². The molecule has 0 saturated carbocycles. The third-order valence-electron chi connectivity index (χ3n) is 5.39. The number of aliphatic hydroxyl groups is 1. The minimum absolute atomic E-state index is 0. The fourth-order valence-electron chi connectivity index (χ4n) is 3.42. The van der Waals surface area contributed by atoms with Gasteiger partial charge in [-0.05, 0) is 54.8 Å². The Bertz CT molecular complexity index is 591. The van der Waals surface area contributed by atoms with Crippen molar-refractivity contribution in [2.45, 2.75) is 59.1 Å². The smallest absolute Gasteiger partial charge is 0.161 e. The lowest BCUT2D eigenvalue weighted by Crippen LogP contribution is -2.44. The molecule has 0 saturated heterocycles. The summed E-state index contributed by atoms with van der Waals surface area (Å²) in [4.78, 5) is 0. The molecule has 4 N–H and O–H groups in total. The van der Waals surface area contributed by atoms with E-state index in [1.54, 1.807) is 14.2 Å². The van der Waals surface area contributed by atoms with E-state index in [9.17, 15) is 5.11 Å². The van der Waals surface area contributed by atoms with Crippen LogP contribution in [0.25, 0.3) is 0 Å². The van der Waals surface area contributed by atoms with Crippen LogP contribution in [0.2, 0.25) is 0 Å². The number of hydrogen-bond acceptors (Lipinski definition) is 6. The summed E-state index contributed by atoms with van der Waals surface area (Å²) >= 11 is 0. The lowest BCUT2D eigenvalue weighted by molar-refractivity contribution is 0.123. The van der Waals surface area contributed by atoms with Gasteiger partial charge in [0.1, 0.15) is 0 Å². The standard InChI is InChI=1S/C24H44N2O4.2ClH/c1-17(2)15-26-16-22(27)21(25)14-20(18(3)4)12-19-8-9-23(29-6)24(13-19)30-11-7-10-28-5;;/h8-9,13,17-18,20-22,26-27H,7,10-12,14-16,25H2,1-6H3;2*1H/t20-,21-,22-;;/m0../s1. The molecule has 0 aliphatic rings. The quantitative estimate of drug-likeness (QED) is 0.298. The summed E-state index contributed by atoms with van der Waals surface area (Å²) in [5.41, 5.74) is 7.54. The van der Waals surface area contributed by atoms with Gasteiger partial charge in [-0.25, -0.2) is 0 Å². The van der Waals surface area contributed by atoms with Crippen molar-refractivity contribution in [2.75, 3.05) is 40.5 Å². The summed E-state index contributed by atoms with van der Waals surface area (Å²) in [7, 11) is 3.34. The molecule has 0 bridgehead atoms. The fraction of sp³-hybridized carbons (Fsp3) is 0.750. The largest absolute Gasteiger partial charge is 0.493 e. The van der Waals surface area contributed by atoms with Crippen molar-refractivity contribution in [3.63, 3.8) is 0 Å². The summed E-state index contributed by atoms with van der Waals surface area (Å²) in [6.45, 7) is 11.4. The van der Waals surface area contributed by atoms with E-state index in [0.717, 1.165) is 37.3 Å². The molecule has 1 aromatic rings. The Labute approximate surface area is 207 Å². The number of ether oxygens (including phenoxy) is 3. The van der Waals surface area contributed by atoms with E-state index in [0.29, 0.717) is 37.5 Å². The van der Waals surface area contributed by atoms with E-state index in [4.69, 9.17) is 19.9 Å². The SMILES string of the molecule is COCCCOc1cc(C[C@@H](C[C@H](N)[C@@H](O)CNCC(C)C)C(C)C)ccc1OC.Cl.Cl. The maximum atomic E-state index is 10.4. The molecular formula is C24H46Cl2N2O4. The zero-order chi connectivity index (χ0) is 22.5. The predicted molar refractivity (Wildman–Crippen MR) is 138 cm³/mol. The van der Waals surface area contributed by atoms with Gasteiger partial charge >= 0.3 is 0 Å². The molecule has 0 heterocycles. The highest BCUT2D eigenvalue weighted by atomic mass is 35.5. The maximum absolute atomic E-state index is 10.4. The average Bonchev–Trinajstić information content (AvgIpc) is 2.70. The maximum Gasteiger partial charge on any atom is 0.161 e. The van der Waals surface area contributed by atoms with E-state index in [-0.39, 0.29) is 30.9 Å². The number of aliphatic hydroxyl groups excluding tert-OH is 1.